The first-order chi connectivity index (χ1) is 27.3. The van der Waals surface area contributed by atoms with Gasteiger partial charge in [-0.25, -0.2) is 15.0 Å². The first kappa shape index (κ1) is 32.2. The van der Waals surface area contributed by atoms with Gasteiger partial charge in [-0.15, -0.1) is 0 Å². The van der Waals surface area contributed by atoms with E-state index in [1.165, 1.54) is 32.9 Å². The molecule has 0 saturated heterocycles. The van der Waals surface area contributed by atoms with Gasteiger partial charge in [-0.2, -0.15) is 0 Å². The van der Waals surface area contributed by atoms with Crippen molar-refractivity contribution < 1.29 is 0 Å². The van der Waals surface area contributed by atoms with Crippen molar-refractivity contribution in [3.63, 3.8) is 0 Å². The molecule has 0 aliphatic heterocycles. The molecule has 3 heterocycles. The van der Waals surface area contributed by atoms with Crippen molar-refractivity contribution in [3.05, 3.63) is 200 Å². The van der Waals surface area contributed by atoms with Gasteiger partial charge < -0.3 is 4.57 Å². The Balaban J connectivity index is 0.980. The van der Waals surface area contributed by atoms with Crippen molar-refractivity contribution >= 4 is 21.8 Å². The number of nitrogens with zero attached hydrogens (tertiary/aromatic N) is 5. The molecule has 5 nitrogen and oxygen atoms in total. The van der Waals surface area contributed by atoms with Crippen LogP contribution in [0.5, 0.6) is 0 Å². The fourth-order valence-electron chi connectivity index (χ4n) is 7.44. The average molecular weight is 704 g/mol. The number of benzene rings is 7. The molecule has 5 heteroatoms. The van der Waals surface area contributed by atoms with Crippen LogP contribution in [0.15, 0.2) is 200 Å². The number of para-hydroxylation sites is 2. The zero-order valence-corrected chi connectivity index (χ0v) is 29.8. The third-order valence-corrected chi connectivity index (χ3v) is 10.2. The molecule has 0 radical (unpaired) electrons. The van der Waals surface area contributed by atoms with Gasteiger partial charge >= 0.3 is 0 Å². The Labute approximate surface area is 318 Å². The SMILES string of the molecule is c1ccc(-c2nc(-c3ccc(-c4ccc(-c5ccc6c(c5)c5ccccc5n6-c5ccccc5)cc4)cc3)nc(-c3ccccc3-c3ccccn3)n2)cc1. The van der Waals surface area contributed by atoms with E-state index in [0.717, 1.165) is 44.8 Å². The van der Waals surface area contributed by atoms with Crippen LogP contribution in [0.25, 0.3) is 95.2 Å². The summed E-state index contributed by atoms with van der Waals surface area (Å²) in [5.74, 6) is 1.84. The van der Waals surface area contributed by atoms with Gasteiger partial charge in [0, 0.05) is 44.9 Å². The van der Waals surface area contributed by atoms with Crippen LogP contribution in [0.3, 0.4) is 0 Å². The molecule has 0 N–H and O–H groups in total. The summed E-state index contributed by atoms with van der Waals surface area (Å²) in [5, 5.41) is 2.49. The zero-order valence-electron chi connectivity index (χ0n) is 29.8. The minimum absolute atomic E-state index is 0.604. The topological polar surface area (TPSA) is 56.5 Å². The Morgan fingerprint density at radius 2 is 0.836 bits per heavy atom. The summed E-state index contributed by atoms with van der Waals surface area (Å²) >= 11 is 0. The van der Waals surface area contributed by atoms with Gasteiger partial charge in [0.05, 0.1) is 16.7 Å². The molecule has 0 aliphatic rings. The summed E-state index contributed by atoms with van der Waals surface area (Å²) in [6.07, 6.45) is 1.81. The van der Waals surface area contributed by atoms with Crippen molar-refractivity contribution in [1.82, 2.24) is 24.5 Å². The standard InChI is InChI=1S/C50H33N5/c1-3-13-37(14-4-1)48-52-49(54-50(53-48)43-19-8-7-17-41(43)45-20-11-12-32-51-45)38-28-26-35(27-29-38)34-22-24-36(25-23-34)39-30-31-47-44(33-39)42-18-9-10-21-46(42)55(47)40-15-5-2-6-16-40/h1-33H. The second-order valence-corrected chi connectivity index (χ2v) is 13.5. The Bertz CT molecular complexity index is 2940. The van der Waals surface area contributed by atoms with Gasteiger partial charge in [0.15, 0.2) is 17.5 Å². The fourth-order valence-corrected chi connectivity index (χ4v) is 7.44. The lowest BCUT2D eigenvalue weighted by Gasteiger charge is -2.12. The van der Waals surface area contributed by atoms with Gasteiger partial charge in [0.2, 0.25) is 0 Å². The van der Waals surface area contributed by atoms with E-state index < -0.39 is 0 Å². The summed E-state index contributed by atoms with van der Waals surface area (Å²) in [6.45, 7) is 0. The lowest BCUT2D eigenvalue weighted by Crippen LogP contribution is -2.01. The third-order valence-electron chi connectivity index (χ3n) is 10.2. The van der Waals surface area contributed by atoms with Gasteiger partial charge in [0.25, 0.3) is 0 Å². The molecule has 10 aromatic rings. The van der Waals surface area contributed by atoms with Crippen molar-refractivity contribution in [3.8, 4) is 73.4 Å². The highest BCUT2D eigenvalue weighted by Gasteiger charge is 2.17. The van der Waals surface area contributed by atoms with Crippen LogP contribution < -0.4 is 0 Å². The molecule has 0 spiro atoms. The maximum Gasteiger partial charge on any atom is 0.164 e. The minimum Gasteiger partial charge on any atom is -0.309 e. The van der Waals surface area contributed by atoms with Crippen molar-refractivity contribution in [2.24, 2.45) is 0 Å². The Morgan fingerprint density at radius 3 is 1.53 bits per heavy atom. The number of pyridine rings is 1. The molecule has 0 bridgehead atoms. The molecule has 0 unspecified atom stereocenters. The monoisotopic (exact) mass is 703 g/mol. The van der Waals surface area contributed by atoms with Gasteiger partial charge in [-0.05, 0) is 64.7 Å². The minimum atomic E-state index is 0.604. The lowest BCUT2D eigenvalue weighted by molar-refractivity contribution is 1.07. The Kier molecular flexibility index (Phi) is 8.08. The average Bonchev–Trinajstić information content (AvgIpc) is 3.61. The summed E-state index contributed by atoms with van der Waals surface area (Å²) in [7, 11) is 0. The highest BCUT2D eigenvalue weighted by Crippen LogP contribution is 2.36. The zero-order chi connectivity index (χ0) is 36.6. The van der Waals surface area contributed by atoms with E-state index in [1.54, 1.807) is 6.20 Å². The van der Waals surface area contributed by atoms with E-state index in [4.69, 9.17) is 15.0 Å². The van der Waals surface area contributed by atoms with Crippen LogP contribution in [0.4, 0.5) is 0 Å². The molecule has 0 amide bonds. The molecule has 55 heavy (non-hydrogen) atoms. The second-order valence-electron chi connectivity index (χ2n) is 13.5. The van der Waals surface area contributed by atoms with Crippen LogP contribution >= 0.6 is 0 Å². The maximum atomic E-state index is 5.04. The first-order valence-electron chi connectivity index (χ1n) is 18.4. The quantitative estimate of drug-likeness (QED) is 0.166. The third kappa shape index (κ3) is 6.04. The second kappa shape index (κ2) is 13.8. The molecule has 0 atom stereocenters. The molecular formula is C50H33N5. The van der Waals surface area contributed by atoms with E-state index in [0.29, 0.717) is 17.5 Å². The summed E-state index contributed by atoms with van der Waals surface area (Å²) in [6, 6.07) is 67.4. The molecule has 3 aromatic heterocycles. The maximum absolute atomic E-state index is 5.04. The lowest BCUT2D eigenvalue weighted by atomic mass is 9.98. The number of hydrogen-bond acceptors (Lipinski definition) is 4. The fraction of sp³-hybridized carbons (Fsp3) is 0. The van der Waals surface area contributed by atoms with E-state index in [1.807, 2.05) is 66.7 Å². The molecular weight excluding hydrogens is 671 g/mol. The number of fused-ring (bicyclic) bond motifs is 3. The summed E-state index contributed by atoms with van der Waals surface area (Å²) in [4.78, 5) is 19.6. The number of aromatic nitrogens is 5. The van der Waals surface area contributed by atoms with Crippen molar-refractivity contribution in [1.29, 1.82) is 0 Å². The molecule has 0 saturated carbocycles. The van der Waals surface area contributed by atoms with Crippen LogP contribution in [0, 0.1) is 0 Å². The predicted molar refractivity (Wildman–Crippen MR) is 225 cm³/mol. The van der Waals surface area contributed by atoms with Crippen LogP contribution in [-0.4, -0.2) is 24.5 Å². The Morgan fingerprint density at radius 1 is 0.327 bits per heavy atom. The number of hydrogen-bond donors (Lipinski definition) is 0. The summed E-state index contributed by atoms with van der Waals surface area (Å²) < 4.78 is 2.35. The predicted octanol–water partition coefficient (Wildman–Crippen LogP) is 12.4. The van der Waals surface area contributed by atoms with Crippen LogP contribution in [-0.2, 0) is 0 Å². The van der Waals surface area contributed by atoms with E-state index >= 15 is 0 Å². The molecule has 258 valence electrons. The van der Waals surface area contributed by atoms with E-state index in [9.17, 15) is 0 Å². The van der Waals surface area contributed by atoms with Crippen LogP contribution in [0.1, 0.15) is 0 Å². The van der Waals surface area contributed by atoms with Gasteiger partial charge in [-0.1, -0.05) is 152 Å². The molecule has 7 aromatic carbocycles. The van der Waals surface area contributed by atoms with Gasteiger partial charge in [0.1, 0.15) is 0 Å². The normalized spacial score (nSPS) is 11.3. The largest absolute Gasteiger partial charge is 0.309 e. The highest BCUT2D eigenvalue weighted by atomic mass is 15.0. The summed E-state index contributed by atoms with van der Waals surface area (Å²) in [5.41, 5.74) is 12.8. The number of rotatable bonds is 7. The van der Waals surface area contributed by atoms with Gasteiger partial charge in [-0.3, -0.25) is 4.98 Å². The van der Waals surface area contributed by atoms with Crippen molar-refractivity contribution in [2.75, 3.05) is 0 Å². The van der Waals surface area contributed by atoms with E-state index in [2.05, 4.69) is 137 Å². The van der Waals surface area contributed by atoms with Crippen molar-refractivity contribution in [2.45, 2.75) is 0 Å². The highest BCUT2D eigenvalue weighted by molar-refractivity contribution is 6.10. The first-order valence-corrected chi connectivity index (χ1v) is 18.4. The Hall–Kier alpha value is -7.50. The molecule has 0 aliphatic carbocycles. The van der Waals surface area contributed by atoms with Crippen LogP contribution in [0.2, 0.25) is 0 Å². The molecule has 10 rings (SSSR count). The van der Waals surface area contributed by atoms with E-state index in [-0.39, 0.29) is 0 Å². The smallest absolute Gasteiger partial charge is 0.164 e. The molecule has 0 fully saturated rings.